The van der Waals surface area contributed by atoms with E-state index in [-0.39, 0.29) is 12.5 Å². The first kappa shape index (κ1) is 13.0. The van der Waals surface area contributed by atoms with E-state index in [9.17, 15) is 4.39 Å². The SMILES string of the molecule is CCOc1cccc(C(F)(CN)C(C)C)c1. The van der Waals surface area contributed by atoms with Crippen LogP contribution in [0, 0.1) is 5.92 Å². The van der Waals surface area contributed by atoms with Crippen LogP contribution in [0.4, 0.5) is 4.39 Å². The molecule has 0 aliphatic carbocycles. The van der Waals surface area contributed by atoms with E-state index in [1.54, 1.807) is 18.2 Å². The smallest absolute Gasteiger partial charge is 0.150 e. The first-order valence-corrected chi connectivity index (χ1v) is 5.67. The summed E-state index contributed by atoms with van der Waals surface area (Å²) in [6.45, 7) is 6.13. The Hall–Kier alpha value is -1.09. The van der Waals surface area contributed by atoms with Crippen molar-refractivity contribution in [3.05, 3.63) is 29.8 Å². The van der Waals surface area contributed by atoms with Gasteiger partial charge in [0.1, 0.15) is 5.75 Å². The Morgan fingerprint density at radius 3 is 2.62 bits per heavy atom. The second-order valence-electron chi connectivity index (χ2n) is 4.18. The highest BCUT2D eigenvalue weighted by Crippen LogP contribution is 2.34. The largest absolute Gasteiger partial charge is 0.494 e. The quantitative estimate of drug-likeness (QED) is 0.836. The van der Waals surface area contributed by atoms with E-state index in [2.05, 4.69) is 0 Å². The minimum absolute atomic E-state index is 0.0136. The lowest BCUT2D eigenvalue weighted by molar-refractivity contribution is 0.109. The van der Waals surface area contributed by atoms with Gasteiger partial charge in [-0.15, -0.1) is 0 Å². The highest BCUT2D eigenvalue weighted by Gasteiger charge is 2.34. The highest BCUT2D eigenvalue weighted by atomic mass is 19.1. The maximum absolute atomic E-state index is 14.6. The number of rotatable bonds is 5. The third kappa shape index (κ3) is 2.53. The molecule has 1 aromatic carbocycles. The summed E-state index contributed by atoms with van der Waals surface area (Å²) in [5.41, 5.74) is 4.66. The van der Waals surface area contributed by atoms with Gasteiger partial charge in [0.2, 0.25) is 0 Å². The number of benzene rings is 1. The van der Waals surface area contributed by atoms with Gasteiger partial charge in [0, 0.05) is 6.54 Å². The number of hydrogen-bond acceptors (Lipinski definition) is 2. The van der Waals surface area contributed by atoms with Crippen LogP contribution in [0.5, 0.6) is 5.75 Å². The highest BCUT2D eigenvalue weighted by molar-refractivity contribution is 5.33. The Kier molecular flexibility index (Phi) is 4.30. The van der Waals surface area contributed by atoms with Crippen molar-refractivity contribution in [2.75, 3.05) is 13.2 Å². The molecule has 0 fully saturated rings. The Morgan fingerprint density at radius 1 is 1.44 bits per heavy atom. The first-order chi connectivity index (χ1) is 7.54. The monoisotopic (exact) mass is 225 g/mol. The molecule has 0 aliphatic heterocycles. The summed E-state index contributed by atoms with van der Waals surface area (Å²) in [6, 6.07) is 7.11. The lowest BCUT2D eigenvalue weighted by Gasteiger charge is -2.28. The summed E-state index contributed by atoms with van der Waals surface area (Å²) >= 11 is 0. The van der Waals surface area contributed by atoms with E-state index in [0.717, 1.165) is 0 Å². The molecule has 16 heavy (non-hydrogen) atoms. The Morgan fingerprint density at radius 2 is 2.12 bits per heavy atom. The number of ether oxygens (including phenoxy) is 1. The second kappa shape index (κ2) is 5.30. The van der Waals surface area contributed by atoms with Crippen LogP contribution in [0.25, 0.3) is 0 Å². The zero-order valence-corrected chi connectivity index (χ0v) is 10.2. The fourth-order valence-corrected chi connectivity index (χ4v) is 1.70. The summed E-state index contributed by atoms with van der Waals surface area (Å²) in [6.07, 6.45) is 0. The van der Waals surface area contributed by atoms with Crippen molar-refractivity contribution in [2.24, 2.45) is 11.7 Å². The summed E-state index contributed by atoms with van der Waals surface area (Å²) in [5.74, 6) is 0.533. The Labute approximate surface area is 96.6 Å². The average Bonchev–Trinajstić information content (AvgIpc) is 2.28. The molecule has 1 rings (SSSR count). The van der Waals surface area contributed by atoms with Crippen LogP contribution < -0.4 is 10.5 Å². The number of hydrogen-bond donors (Lipinski definition) is 1. The predicted octanol–water partition coefficient (Wildman–Crippen LogP) is 2.86. The standard InChI is InChI=1S/C13H20FNO/c1-4-16-12-7-5-6-11(8-12)13(14,9-15)10(2)3/h5-8,10H,4,9,15H2,1-3H3. The number of alkyl halides is 1. The van der Waals surface area contributed by atoms with Crippen LogP contribution >= 0.6 is 0 Å². The number of nitrogens with two attached hydrogens (primary N) is 1. The fourth-order valence-electron chi connectivity index (χ4n) is 1.70. The zero-order valence-electron chi connectivity index (χ0n) is 10.2. The molecule has 90 valence electrons. The van der Waals surface area contributed by atoms with Crippen molar-refractivity contribution in [1.29, 1.82) is 0 Å². The molecule has 2 N–H and O–H groups in total. The van der Waals surface area contributed by atoms with Gasteiger partial charge in [-0.05, 0) is 30.5 Å². The van der Waals surface area contributed by atoms with Gasteiger partial charge >= 0.3 is 0 Å². The van der Waals surface area contributed by atoms with Crippen molar-refractivity contribution >= 4 is 0 Å². The minimum Gasteiger partial charge on any atom is -0.494 e. The Balaban J connectivity index is 3.06. The normalized spacial score (nSPS) is 14.9. The number of halogens is 1. The van der Waals surface area contributed by atoms with Gasteiger partial charge in [-0.3, -0.25) is 0 Å². The summed E-state index contributed by atoms with van der Waals surface area (Å²) < 4.78 is 20.0. The topological polar surface area (TPSA) is 35.2 Å². The molecule has 3 heteroatoms. The molecular formula is C13H20FNO. The van der Waals surface area contributed by atoms with Gasteiger partial charge < -0.3 is 10.5 Å². The molecule has 0 heterocycles. The van der Waals surface area contributed by atoms with Gasteiger partial charge in [-0.1, -0.05) is 26.0 Å². The Bertz CT molecular complexity index is 340. The van der Waals surface area contributed by atoms with E-state index in [1.807, 2.05) is 26.8 Å². The van der Waals surface area contributed by atoms with E-state index < -0.39 is 5.67 Å². The molecule has 0 amide bonds. The molecule has 0 saturated carbocycles. The van der Waals surface area contributed by atoms with Gasteiger partial charge in [0.05, 0.1) is 6.61 Å². The van der Waals surface area contributed by atoms with Crippen LogP contribution in [0.1, 0.15) is 26.3 Å². The molecule has 2 nitrogen and oxygen atoms in total. The molecule has 0 saturated heterocycles. The van der Waals surface area contributed by atoms with Gasteiger partial charge in [-0.25, -0.2) is 4.39 Å². The molecular weight excluding hydrogens is 205 g/mol. The van der Waals surface area contributed by atoms with Gasteiger partial charge in [0.25, 0.3) is 0 Å². The molecule has 1 aromatic rings. The maximum atomic E-state index is 14.6. The van der Waals surface area contributed by atoms with Crippen molar-refractivity contribution in [3.8, 4) is 5.75 Å². The molecule has 0 aliphatic rings. The van der Waals surface area contributed by atoms with Crippen LogP contribution in [0.15, 0.2) is 24.3 Å². The van der Waals surface area contributed by atoms with Crippen LogP contribution in [-0.2, 0) is 5.67 Å². The van der Waals surface area contributed by atoms with Crippen molar-refractivity contribution in [3.63, 3.8) is 0 Å². The van der Waals surface area contributed by atoms with Gasteiger partial charge in [-0.2, -0.15) is 0 Å². The van der Waals surface area contributed by atoms with Crippen molar-refractivity contribution in [2.45, 2.75) is 26.4 Å². The van der Waals surface area contributed by atoms with E-state index >= 15 is 0 Å². The van der Waals surface area contributed by atoms with Gasteiger partial charge in [0.15, 0.2) is 5.67 Å². The fraction of sp³-hybridized carbons (Fsp3) is 0.538. The summed E-state index contributed by atoms with van der Waals surface area (Å²) in [4.78, 5) is 0. The third-order valence-electron chi connectivity index (χ3n) is 2.84. The zero-order chi connectivity index (χ0) is 12.2. The average molecular weight is 225 g/mol. The minimum atomic E-state index is -1.48. The van der Waals surface area contributed by atoms with Crippen molar-refractivity contribution < 1.29 is 9.13 Å². The molecule has 0 aromatic heterocycles. The maximum Gasteiger partial charge on any atom is 0.150 e. The second-order valence-corrected chi connectivity index (χ2v) is 4.18. The lowest BCUT2D eigenvalue weighted by atomic mass is 9.85. The van der Waals surface area contributed by atoms with Crippen LogP contribution in [0.2, 0.25) is 0 Å². The molecule has 0 radical (unpaired) electrons. The predicted molar refractivity (Wildman–Crippen MR) is 64.3 cm³/mol. The first-order valence-electron chi connectivity index (χ1n) is 5.67. The summed E-state index contributed by atoms with van der Waals surface area (Å²) in [5, 5.41) is 0. The third-order valence-corrected chi connectivity index (χ3v) is 2.84. The van der Waals surface area contributed by atoms with E-state index in [1.165, 1.54) is 0 Å². The lowest BCUT2D eigenvalue weighted by Crippen LogP contribution is -2.35. The molecule has 1 unspecified atom stereocenters. The van der Waals surface area contributed by atoms with E-state index in [4.69, 9.17) is 10.5 Å². The molecule has 0 bridgehead atoms. The molecule has 1 atom stereocenters. The summed E-state index contributed by atoms with van der Waals surface area (Å²) in [7, 11) is 0. The van der Waals surface area contributed by atoms with Crippen LogP contribution in [-0.4, -0.2) is 13.2 Å². The van der Waals surface area contributed by atoms with E-state index in [0.29, 0.717) is 17.9 Å². The van der Waals surface area contributed by atoms with Crippen molar-refractivity contribution in [1.82, 2.24) is 0 Å². The van der Waals surface area contributed by atoms with Crippen LogP contribution in [0.3, 0.4) is 0 Å². The molecule has 0 spiro atoms.